The highest BCUT2D eigenvalue weighted by molar-refractivity contribution is 5.51. The second-order valence-corrected chi connectivity index (χ2v) is 8.56. The molecule has 4 aromatic heterocycles. The highest BCUT2D eigenvalue weighted by Gasteiger charge is 2.23. The summed E-state index contributed by atoms with van der Waals surface area (Å²) in [6.45, 7) is 0.634. The van der Waals surface area contributed by atoms with Crippen LogP contribution in [0.3, 0.4) is 0 Å². The summed E-state index contributed by atoms with van der Waals surface area (Å²) in [6.07, 6.45) is 9.58. The van der Waals surface area contributed by atoms with Crippen molar-refractivity contribution in [3.05, 3.63) is 78.0 Å². The van der Waals surface area contributed by atoms with E-state index >= 15 is 4.39 Å². The van der Waals surface area contributed by atoms with E-state index in [-0.39, 0.29) is 12.3 Å². The normalized spacial score (nSPS) is 13.2. The van der Waals surface area contributed by atoms with Crippen LogP contribution in [0, 0.1) is 5.82 Å². The van der Waals surface area contributed by atoms with E-state index in [0.717, 1.165) is 11.3 Å². The van der Waals surface area contributed by atoms with Crippen molar-refractivity contribution in [1.29, 1.82) is 0 Å². The molecule has 1 aliphatic rings. The number of nitrogens with zero attached hydrogens (tertiary/aromatic N) is 8. The van der Waals surface area contributed by atoms with Crippen LogP contribution in [-0.4, -0.2) is 46.7 Å². The molecule has 0 spiro atoms. The molecule has 36 heavy (non-hydrogen) atoms. The molecule has 0 atom stereocenters. The van der Waals surface area contributed by atoms with Crippen LogP contribution in [0.15, 0.2) is 55.4 Å². The van der Waals surface area contributed by atoms with Gasteiger partial charge in [-0.1, -0.05) is 6.07 Å². The minimum absolute atomic E-state index is 0.129. The molecular formula is C24H23FN10O. The summed E-state index contributed by atoms with van der Waals surface area (Å²) in [5, 5.41) is 17.6. The Morgan fingerprint density at radius 2 is 1.89 bits per heavy atom. The average molecular weight is 487 g/mol. The molecule has 4 heterocycles. The molecule has 1 saturated carbocycles. The molecular weight excluding hydrogens is 463 g/mol. The molecule has 2 N–H and O–H groups in total. The summed E-state index contributed by atoms with van der Waals surface area (Å²) in [6, 6.07) is 9.22. The third kappa shape index (κ3) is 4.40. The van der Waals surface area contributed by atoms with Gasteiger partial charge >= 0.3 is 0 Å². The summed E-state index contributed by atoms with van der Waals surface area (Å²) in [5.74, 6) is 1.48. The number of imidazole rings is 1. The summed E-state index contributed by atoms with van der Waals surface area (Å²) in [4.78, 5) is 13.2. The van der Waals surface area contributed by atoms with E-state index in [2.05, 4.69) is 63.8 Å². The molecule has 6 rings (SSSR count). The molecule has 12 heteroatoms. The number of halogens is 1. The van der Waals surface area contributed by atoms with Crippen molar-refractivity contribution in [2.45, 2.75) is 31.8 Å². The molecule has 11 nitrogen and oxygen atoms in total. The van der Waals surface area contributed by atoms with Gasteiger partial charge in [-0.2, -0.15) is 0 Å². The zero-order valence-electron chi connectivity index (χ0n) is 19.5. The highest BCUT2D eigenvalue weighted by Crippen LogP contribution is 2.39. The Kier molecular flexibility index (Phi) is 5.60. The Balaban J connectivity index is 1.15. The number of rotatable bonds is 9. The number of aromatic nitrogens is 8. The van der Waals surface area contributed by atoms with Crippen molar-refractivity contribution < 1.29 is 9.13 Å². The Hall–Kier alpha value is -4.61. The number of pyridine rings is 1. The van der Waals surface area contributed by atoms with Crippen LogP contribution in [0.2, 0.25) is 0 Å². The van der Waals surface area contributed by atoms with Crippen molar-refractivity contribution in [2.75, 3.05) is 17.7 Å². The van der Waals surface area contributed by atoms with Gasteiger partial charge in [0, 0.05) is 30.6 Å². The Labute approximate surface area is 205 Å². The number of methoxy groups -OCH3 is 1. The smallest absolute Gasteiger partial charge is 0.172 e. The first kappa shape index (κ1) is 21.9. The standard InChI is InChI=1S/C24H23FN10O/c1-36-20-6-5-19(35-14-30-32-33-35)18(24(20)25)10-27-22-8-21(28-13-29-22)26-9-17-12-34-11-16(15-2-3-15)4-7-23(34)31-17/h4-8,11-15H,2-3,9-10H2,1H3,(H2,26,27,28,29). The zero-order valence-corrected chi connectivity index (χ0v) is 19.5. The zero-order chi connectivity index (χ0) is 24.5. The highest BCUT2D eigenvalue weighted by atomic mass is 19.1. The van der Waals surface area contributed by atoms with Gasteiger partial charge in [-0.15, -0.1) is 5.10 Å². The molecule has 182 valence electrons. The summed E-state index contributed by atoms with van der Waals surface area (Å²) >= 11 is 0. The van der Waals surface area contributed by atoms with Crippen LogP contribution in [0.25, 0.3) is 11.3 Å². The lowest BCUT2D eigenvalue weighted by Gasteiger charge is -2.14. The van der Waals surface area contributed by atoms with Crippen molar-refractivity contribution >= 4 is 17.3 Å². The van der Waals surface area contributed by atoms with Gasteiger partial charge in [0.15, 0.2) is 11.6 Å². The van der Waals surface area contributed by atoms with Crippen LogP contribution >= 0.6 is 0 Å². The van der Waals surface area contributed by atoms with E-state index in [1.807, 2.05) is 6.20 Å². The minimum Gasteiger partial charge on any atom is -0.494 e. The largest absolute Gasteiger partial charge is 0.494 e. The molecule has 5 aromatic rings. The minimum atomic E-state index is -0.498. The van der Waals surface area contributed by atoms with Crippen LogP contribution in [0.1, 0.15) is 35.6 Å². The number of anilines is 2. The molecule has 1 aromatic carbocycles. The molecule has 1 fully saturated rings. The SMILES string of the molecule is COc1ccc(-n2cnnn2)c(CNc2cc(NCc3cn4cc(C5CC5)ccc4n3)ncn2)c1F. The lowest BCUT2D eigenvalue weighted by atomic mass is 10.1. The number of hydrogen-bond acceptors (Lipinski definition) is 9. The van der Waals surface area contributed by atoms with Crippen LogP contribution in [0.4, 0.5) is 16.0 Å². The first-order chi connectivity index (χ1) is 17.7. The van der Waals surface area contributed by atoms with Crippen LogP contribution in [0.5, 0.6) is 5.75 Å². The van der Waals surface area contributed by atoms with Gasteiger partial charge < -0.3 is 19.8 Å². The van der Waals surface area contributed by atoms with Gasteiger partial charge in [-0.3, -0.25) is 0 Å². The van der Waals surface area contributed by atoms with Gasteiger partial charge in [0.05, 0.1) is 25.0 Å². The molecule has 0 amide bonds. The number of hydrogen-bond donors (Lipinski definition) is 2. The molecule has 0 saturated heterocycles. The predicted molar refractivity (Wildman–Crippen MR) is 130 cm³/mol. The van der Waals surface area contributed by atoms with E-state index in [1.54, 1.807) is 12.1 Å². The molecule has 0 unspecified atom stereocenters. The summed E-state index contributed by atoms with van der Waals surface area (Å²) < 4.78 is 23.7. The first-order valence-electron chi connectivity index (χ1n) is 11.5. The predicted octanol–water partition coefficient (Wildman–Crippen LogP) is 3.35. The van der Waals surface area contributed by atoms with E-state index in [1.165, 1.54) is 48.9 Å². The fourth-order valence-electron chi connectivity index (χ4n) is 4.12. The molecule has 1 aliphatic carbocycles. The molecule has 0 radical (unpaired) electrons. The second-order valence-electron chi connectivity index (χ2n) is 8.56. The summed E-state index contributed by atoms with van der Waals surface area (Å²) in [5.41, 5.74) is 4.02. The second kappa shape index (κ2) is 9.21. The maximum atomic E-state index is 15.1. The van der Waals surface area contributed by atoms with Gasteiger partial charge in [-0.25, -0.2) is 24.0 Å². The van der Waals surface area contributed by atoms with E-state index in [4.69, 9.17) is 4.74 Å². The number of ether oxygens (including phenoxy) is 1. The Morgan fingerprint density at radius 3 is 2.64 bits per heavy atom. The Morgan fingerprint density at radius 1 is 1.06 bits per heavy atom. The Bertz CT molecular complexity index is 1510. The number of tetrazole rings is 1. The van der Waals surface area contributed by atoms with Gasteiger partial charge in [0.25, 0.3) is 0 Å². The third-order valence-corrected chi connectivity index (χ3v) is 6.14. The fourth-order valence-corrected chi connectivity index (χ4v) is 4.12. The fraction of sp³-hybridized carbons (Fsp3) is 0.250. The molecule has 0 aliphatic heterocycles. The van der Waals surface area contributed by atoms with Crippen LogP contribution < -0.4 is 15.4 Å². The maximum Gasteiger partial charge on any atom is 0.172 e. The van der Waals surface area contributed by atoms with Gasteiger partial charge in [0.2, 0.25) is 0 Å². The number of nitrogens with one attached hydrogen (secondary N) is 2. The number of benzene rings is 1. The summed E-state index contributed by atoms with van der Waals surface area (Å²) in [7, 11) is 1.42. The van der Waals surface area contributed by atoms with Gasteiger partial charge in [-0.05, 0) is 52.9 Å². The van der Waals surface area contributed by atoms with E-state index in [0.29, 0.717) is 35.3 Å². The lowest BCUT2D eigenvalue weighted by Crippen LogP contribution is -2.11. The quantitative estimate of drug-likeness (QED) is 0.323. The van der Waals surface area contributed by atoms with Crippen LogP contribution in [-0.2, 0) is 13.1 Å². The van der Waals surface area contributed by atoms with Crippen molar-refractivity contribution in [3.63, 3.8) is 0 Å². The number of fused-ring (bicyclic) bond motifs is 1. The van der Waals surface area contributed by atoms with Crippen molar-refractivity contribution in [3.8, 4) is 11.4 Å². The third-order valence-electron chi connectivity index (χ3n) is 6.14. The molecule has 0 bridgehead atoms. The lowest BCUT2D eigenvalue weighted by molar-refractivity contribution is 0.384. The van der Waals surface area contributed by atoms with Crippen molar-refractivity contribution in [1.82, 2.24) is 39.6 Å². The van der Waals surface area contributed by atoms with Crippen molar-refractivity contribution in [2.24, 2.45) is 0 Å². The topological polar surface area (TPSA) is 120 Å². The van der Waals surface area contributed by atoms with E-state index < -0.39 is 5.82 Å². The van der Waals surface area contributed by atoms with E-state index in [9.17, 15) is 0 Å². The monoisotopic (exact) mass is 486 g/mol. The first-order valence-corrected chi connectivity index (χ1v) is 11.5. The van der Waals surface area contributed by atoms with Gasteiger partial charge in [0.1, 0.15) is 29.9 Å². The maximum absolute atomic E-state index is 15.1. The average Bonchev–Trinajstić information content (AvgIpc) is 3.44.